The Labute approximate surface area is 123 Å². The Morgan fingerprint density at radius 2 is 1.70 bits per heavy atom. The number of likely N-dealkylation sites (N-methyl/N-ethyl adjacent to an activating group) is 1. The quantitative estimate of drug-likeness (QED) is 0.912. The first-order valence-corrected chi connectivity index (χ1v) is 8.11. The molecule has 1 unspecified atom stereocenters. The Morgan fingerprint density at radius 1 is 0.950 bits per heavy atom. The van der Waals surface area contributed by atoms with Crippen molar-refractivity contribution in [2.75, 3.05) is 43.4 Å². The van der Waals surface area contributed by atoms with Crippen LogP contribution in [0, 0.1) is 0 Å². The van der Waals surface area contributed by atoms with E-state index in [-0.39, 0.29) is 0 Å². The van der Waals surface area contributed by atoms with Crippen LogP contribution in [0.5, 0.6) is 0 Å². The topological polar surface area (TPSA) is 18.5 Å². The summed E-state index contributed by atoms with van der Waals surface area (Å²) in [5.41, 5.74) is 2.65. The Bertz CT molecular complexity index is 409. The fourth-order valence-corrected chi connectivity index (χ4v) is 3.44. The number of anilines is 2. The summed E-state index contributed by atoms with van der Waals surface area (Å²) in [4.78, 5) is 4.94. The van der Waals surface area contributed by atoms with E-state index in [1.165, 1.54) is 63.1 Å². The molecule has 1 aromatic carbocycles. The second-order valence-electron chi connectivity index (χ2n) is 6.34. The third-order valence-corrected chi connectivity index (χ3v) is 4.58. The number of hydrogen-bond donors (Lipinski definition) is 1. The first-order valence-electron chi connectivity index (χ1n) is 8.11. The summed E-state index contributed by atoms with van der Waals surface area (Å²) >= 11 is 0. The molecule has 2 fully saturated rings. The van der Waals surface area contributed by atoms with Crippen molar-refractivity contribution < 1.29 is 0 Å². The van der Waals surface area contributed by atoms with Gasteiger partial charge in [-0.05, 0) is 70.0 Å². The van der Waals surface area contributed by atoms with E-state index < -0.39 is 0 Å². The molecule has 2 heterocycles. The monoisotopic (exact) mass is 273 g/mol. The molecule has 20 heavy (non-hydrogen) atoms. The van der Waals surface area contributed by atoms with Crippen LogP contribution in [0.15, 0.2) is 24.3 Å². The second-order valence-corrected chi connectivity index (χ2v) is 6.34. The predicted octanol–water partition coefficient (Wildman–Crippen LogP) is 3.18. The van der Waals surface area contributed by atoms with Gasteiger partial charge in [-0.3, -0.25) is 0 Å². The molecule has 0 radical (unpaired) electrons. The van der Waals surface area contributed by atoms with Crippen molar-refractivity contribution in [2.45, 2.75) is 38.1 Å². The lowest BCUT2D eigenvalue weighted by atomic mass is 10.1. The van der Waals surface area contributed by atoms with E-state index in [9.17, 15) is 0 Å². The fraction of sp³-hybridized carbons (Fsp3) is 0.647. The van der Waals surface area contributed by atoms with Gasteiger partial charge in [0.25, 0.3) is 0 Å². The minimum absolute atomic E-state index is 0.606. The van der Waals surface area contributed by atoms with Crippen molar-refractivity contribution in [1.82, 2.24) is 4.90 Å². The number of likely N-dealkylation sites (tertiary alicyclic amines) is 1. The van der Waals surface area contributed by atoms with Crippen molar-refractivity contribution >= 4 is 11.4 Å². The van der Waals surface area contributed by atoms with Crippen molar-refractivity contribution in [2.24, 2.45) is 0 Å². The molecule has 3 nitrogen and oxygen atoms in total. The first-order chi connectivity index (χ1) is 9.81. The second kappa shape index (κ2) is 6.49. The van der Waals surface area contributed by atoms with Crippen molar-refractivity contribution in [3.63, 3.8) is 0 Å². The summed E-state index contributed by atoms with van der Waals surface area (Å²) < 4.78 is 0. The van der Waals surface area contributed by atoms with Gasteiger partial charge in [-0.1, -0.05) is 0 Å². The third kappa shape index (κ3) is 3.45. The molecule has 1 atom stereocenters. The van der Waals surface area contributed by atoms with E-state index in [4.69, 9.17) is 0 Å². The molecule has 0 saturated carbocycles. The van der Waals surface area contributed by atoms with Crippen LogP contribution in [0.1, 0.15) is 32.1 Å². The molecule has 0 spiro atoms. The van der Waals surface area contributed by atoms with Crippen LogP contribution in [-0.2, 0) is 0 Å². The molecule has 110 valence electrons. The minimum atomic E-state index is 0.606. The summed E-state index contributed by atoms with van der Waals surface area (Å²) in [7, 11) is 2.22. The highest BCUT2D eigenvalue weighted by atomic mass is 15.1. The number of nitrogens with zero attached hydrogens (tertiary/aromatic N) is 2. The van der Waals surface area contributed by atoms with Crippen LogP contribution in [0.4, 0.5) is 11.4 Å². The van der Waals surface area contributed by atoms with E-state index in [1.54, 1.807) is 0 Å². The standard InChI is InChI=1S/C17H27N3/c1-19-11-5-6-16(14-19)18-15-7-9-17(10-8-15)20-12-3-2-4-13-20/h7-10,16,18H,2-6,11-14H2,1H3. The zero-order valence-corrected chi connectivity index (χ0v) is 12.6. The largest absolute Gasteiger partial charge is 0.381 e. The molecular weight excluding hydrogens is 246 g/mol. The maximum Gasteiger partial charge on any atom is 0.0388 e. The maximum absolute atomic E-state index is 3.68. The molecule has 2 saturated heterocycles. The van der Waals surface area contributed by atoms with Gasteiger partial charge in [0, 0.05) is 37.1 Å². The molecular formula is C17H27N3. The van der Waals surface area contributed by atoms with E-state index in [2.05, 4.69) is 46.4 Å². The van der Waals surface area contributed by atoms with Crippen molar-refractivity contribution in [1.29, 1.82) is 0 Å². The molecule has 3 heteroatoms. The molecule has 0 amide bonds. The normalized spacial score (nSPS) is 24.6. The fourth-order valence-electron chi connectivity index (χ4n) is 3.44. The predicted molar refractivity (Wildman–Crippen MR) is 86.6 cm³/mol. The number of rotatable bonds is 3. The van der Waals surface area contributed by atoms with Crippen molar-refractivity contribution in [3.8, 4) is 0 Å². The van der Waals surface area contributed by atoms with Crippen LogP contribution in [-0.4, -0.2) is 44.2 Å². The van der Waals surface area contributed by atoms with Crippen molar-refractivity contribution in [3.05, 3.63) is 24.3 Å². The summed E-state index contributed by atoms with van der Waals surface area (Å²) in [6.07, 6.45) is 6.67. The molecule has 0 bridgehead atoms. The molecule has 2 aliphatic heterocycles. The summed E-state index contributed by atoms with van der Waals surface area (Å²) in [6.45, 7) is 4.85. The Balaban J connectivity index is 1.58. The highest BCUT2D eigenvalue weighted by Gasteiger charge is 2.17. The Morgan fingerprint density at radius 3 is 2.40 bits per heavy atom. The zero-order valence-electron chi connectivity index (χ0n) is 12.6. The number of benzene rings is 1. The summed E-state index contributed by atoms with van der Waals surface area (Å²) in [5, 5.41) is 3.68. The van der Waals surface area contributed by atoms with Gasteiger partial charge in [-0.25, -0.2) is 0 Å². The maximum atomic E-state index is 3.68. The SMILES string of the molecule is CN1CCCC(Nc2ccc(N3CCCCC3)cc2)C1. The van der Waals surface area contributed by atoms with Gasteiger partial charge in [-0.15, -0.1) is 0 Å². The Kier molecular flexibility index (Phi) is 4.46. The van der Waals surface area contributed by atoms with Gasteiger partial charge in [0.15, 0.2) is 0 Å². The van der Waals surface area contributed by atoms with Crippen LogP contribution in [0.2, 0.25) is 0 Å². The third-order valence-electron chi connectivity index (χ3n) is 4.58. The highest BCUT2D eigenvalue weighted by Crippen LogP contribution is 2.23. The van der Waals surface area contributed by atoms with Crippen LogP contribution >= 0.6 is 0 Å². The summed E-state index contributed by atoms with van der Waals surface area (Å²) in [6, 6.07) is 9.66. The van der Waals surface area contributed by atoms with Gasteiger partial charge in [0.05, 0.1) is 0 Å². The van der Waals surface area contributed by atoms with E-state index >= 15 is 0 Å². The number of hydrogen-bond acceptors (Lipinski definition) is 3. The average Bonchev–Trinajstić information content (AvgIpc) is 2.49. The zero-order chi connectivity index (χ0) is 13.8. The van der Waals surface area contributed by atoms with Gasteiger partial charge < -0.3 is 15.1 Å². The smallest absolute Gasteiger partial charge is 0.0388 e. The lowest BCUT2D eigenvalue weighted by Crippen LogP contribution is -2.39. The van der Waals surface area contributed by atoms with Crippen LogP contribution in [0.25, 0.3) is 0 Å². The van der Waals surface area contributed by atoms with Gasteiger partial charge in [0.2, 0.25) is 0 Å². The molecule has 1 N–H and O–H groups in total. The van der Waals surface area contributed by atoms with E-state index in [0.29, 0.717) is 6.04 Å². The highest BCUT2D eigenvalue weighted by molar-refractivity contribution is 5.55. The molecule has 2 aliphatic rings. The number of piperidine rings is 2. The number of nitrogens with one attached hydrogen (secondary N) is 1. The van der Waals surface area contributed by atoms with Crippen LogP contribution in [0.3, 0.4) is 0 Å². The molecule has 3 rings (SSSR count). The minimum Gasteiger partial charge on any atom is -0.381 e. The molecule has 0 aromatic heterocycles. The summed E-state index contributed by atoms with van der Waals surface area (Å²) in [5.74, 6) is 0. The Hall–Kier alpha value is -1.22. The lowest BCUT2D eigenvalue weighted by molar-refractivity contribution is 0.261. The lowest BCUT2D eigenvalue weighted by Gasteiger charge is -2.31. The van der Waals surface area contributed by atoms with Gasteiger partial charge in [-0.2, -0.15) is 0 Å². The van der Waals surface area contributed by atoms with E-state index in [1.807, 2.05) is 0 Å². The average molecular weight is 273 g/mol. The first kappa shape index (κ1) is 13.7. The van der Waals surface area contributed by atoms with Gasteiger partial charge >= 0.3 is 0 Å². The van der Waals surface area contributed by atoms with E-state index in [0.717, 1.165) is 6.54 Å². The van der Waals surface area contributed by atoms with Crippen LogP contribution < -0.4 is 10.2 Å². The molecule has 1 aromatic rings. The van der Waals surface area contributed by atoms with Gasteiger partial charge in [0.1, 0.15) is 0 Å². The molecule has 0 aliphatic carbocycles.